The molecule has 2 rings (SSSR count). The van der Waals surface area contributed by atoms with Crippen LogP contribution in [0, 0.1) is 0 Å². The Kier molecular flexibility index (Phi) is 7.23. The van der Waals surface area contributed by atoms with E-state index in [1.165, 1.54) is 33.3 Å². The number of hydrogen-bond acceptors (Lipinski definition) is 4. The predicted octanol–water partition coefficient (Wildman–Crippen LogP) is 3.27. The summed E-state index contributed by atoms with van der Waals surface area (Å²) in [4.78, 5) is 14.0. The van der Waals surface area contributed by atoms with Crippen molar-refractivity contribution < 1.29 is 17.9 Å². The zero-order valence-corrected chi connectivity index (χ0v) is 17.8. The van der Waals surface area contributed by atoms with Crippen LogP contribution >= 0.6 is 11.6 Å². The summed E-state index contributed by atoms with van der Waals surface area (Å²) in [5, 5.41) is 0.613. The van der Waals surface area contributed by atoms with E-state index in [0.717, 1.165) is 9.87 Å². The fourth-order valence-electron chi connectivity index (χ4n) is 2.48. The van der Waals surface area contributed by atoms with Crippen molar-refractivity contribution in [1.82, 2.24) is 9.21 Å². The smallest absolute Gasteiger partial charge is 0.246 e. The third-order valence-electron chi connectivity index (χ3n) is 4.05. The number of carbonyl (C=O) groups excluding carboxylic acids is 1. The van der Waals surface area contributed by atoms with Gasteiger partial charge in [-0.25, -0.2) is 12.7 Å². The molecule has 0 heterocycles. The second kappa shape index (κ2) is 9.23. The summed E-state index contributed by atoms with van der Waals surface area (Å²) >= 11 is 5.97. The van der Waals surface area contributed by atoms with Crippen LogP contribution in [0.1, 0.15) is 11.1 Å². The Balaban J connectivity index is 2.20. The van der Waals surface area contributed by atoms with Gasteiger partial charge in [-0.3, -0.25) is 4.79 Å². The zero-order valence-electron chi connectivity index (χ0n) is 16.2. The summed E-state index contributed by atoms with van der Waals surface area (Å²) in [5.74, 6) is 0.0306. The maximum atomic E-state index is 12.5. The standard InChI is InChI=1S/C20H23ClN2O4S/c1-22(2)28(25,26)19-13-15(8-10-18(19)27-4)9-11-20(24)23(3)14-16-6-5-7-17(21)12-16/h5-13H,14H2,1-4H3/b11-9+. The van der Waals surface area contributed by atoms with Gasteiger partial charge in [-0.1, -0.05) is 29.8 Å². The van der Waals surface area contributed by atoms with Gasteiger partial charge in [-0.15, -0.1) is 0 Å². The SMILES string of the molecule is COc1ccc(/C=C/C(=O)N(C)Cc2cccc(Cl)c2)cc1S(=O)(=O)N(C)C. The third-order valence-corrected chi connectivity index (χ3v) is 6.12. The summed E-state index contributed by atoms with van der Waals surface area (Å²) in [5.41, 5.74) is 1.49. The molecule has 28 heavy (non-hydrogen) atoms. The predicted molar refractivity (Wildman–Crippen MR) is 111 cm³/mol. The Labute approximate surface area is 171 Å². The Morgan fingerprint density at radius 2 is 1.86 bits per heavy atom. The highest BCUT2D eigenvalue weighted by Crippen LogP contribution is 2.27. The molecule has 0 radical (unpaired) electrons. The minimum absolute atomic E-state index is 0.0434. The molecule has 0 saturated heterocycles. The van der Waals surface area contributed by atoms with Crippen LogP contribution in [0.3, 0.4) is 0 Å². The van der Waals surface area contributed by atoms with Gasteiger partial charge in [0.25, 0.3) is 0 Å². The van der Waals surface area contributed by atoms with Gasteiger partial charge in [0.05, 0.1) is 7.11 Å². The lowest BCUT2D eigenvalue weighted by Crippen LogP contribution is -2.24. The van der Waals surface area contributed by atoms with Crippen molar-refractivity contribution in [3.63, 3.8) is 0 Å². The van der Waals surface area contributed by atoms with Gasteiger partial charge in [0.15, 0.2) is 0 Å². The molecule has 1 amide bonds. The number of sulfonamides is 1. The molecule has 0 spiro atoms. The van der Waals surface area contributed by atoms with Gasteiger partial charge in [0.1, 0.15) is 10.6 Å². The second-order valence-electron chi connectivity index (χ2n) is 6.36. The van der Waals surface area contributed by atoms with E-state index in [4.69, 9.17) is 16.3 Å². The molecule has 6 nitrogen and oxygen atoms in total. The van der Waals surface area contributed by atoms with Gasteiger partial charge in [0.2, 0.25) is 15.9 Å². The number of halogens is 1. The first-order valence-electron chi connectivity index (χ1n) is 8.43. The molecule has 8 heteroatoms. The van der Waals surface area contributed by atoms with Gasteiger partial charge in [-0.2, -0.15) is 0 Å². The first kappa shape index (κ1) is 21.9. The lowest BCUT2D eigenvalue weighted by Gasteiger charge is -2.16. The van der Waals surface area contributed by atoms with Crippen LogP contribution in [0.2, 0.25) is 5.02 Å². The summed E-state index contributed by atoms with van der Waals surface area (Å²) in [6.07, 6.45) is 2.98. The van der Waals surface area contributed by atoms with E-state index in [1.54, 1.807) is 42.3 Å². The van der Waals surface area contributed by atoms with Crippen molar-refractivity contribution in [2.75, 3.05) is 28.3 Å². The highest BCUT2D eigenvalue weighted by molar-refractivity contribution is 7.89. The molecular formula is C20H23ClN2O4S. The molecule has 0 aliphatic rings. The monoisotopic (exact) mass is 422 g/mol. The lowest BCUT2D eigenvalue weighted by atomic mass is 10.2. The van der Waals surface area contributed by atoms with E-state index in [1.807, 2.05) is 12.1 Å². The number of methoxy groups -OCH3 is 1. The fraction of sp³-hybridized carbons (Fsp3) is 0.250. The first-order valence-corrected chi connectivity index (χ1v) is 10.2. The number of nitrogens with zero attached hydrogens (tertiary/aromatic N) is 2. The lowest BCUT2D eigenvalue weighted by molar-refractivity contribution is -0.125. The normalized spacial score (nSPS) is 11.8. The van der Waals surface area contributed by atoms with Crippen molar-refractivity contribution in [3.8, 4) is 5.75 Å². The van der Waals surface area contributed by atoms with Gasteiger partial charge in [0, 0.05) is 38.8 Å². The average molecular weight is 423 g/mol. The van der Waals surface area contributed by atoms with Crippen LogP contribution in [0.15, 0.2) is 53.4 Å². The number of carbonyl (C=O) groups is 1. The molecule has 150 valence electrons. The highest BCUT2D eigenvalue weighted by Gasteiger charge is 2.22. The number of likely N-dealkylation sites (N-methyl/N-ethyl adjacent to an activating group) is 1. The van der Waals surface area contributed by atoms with Crippen LogP contribution in [-0.4, -0.2) is 51.8 Å². The molecule has 0 atom stereocenters. The summed E-state index contributed by atoms with van der Waals surface area (Å²) in [6.45, 7) is 0.409. The number of amides is 1. The Bertz CT molecular complexity index is 987. The molecule has 0 aliphatic carbocycles. The fourth-order valence-corrected chi connectivity index (χ4v) is 3.77. The molecule has 0 aliphatic heterocycles. The molecule has 0 N–H and O–H groups in total. The first-order chi connectivity index (χ1) is 13.1. The van der Waals surface area contributed by atoms with Crippen LogP contribution in [0.4, 0.5) is 0 Å². The van der Waals surface area contributed by atoms with E-state index in [9.17, 15) is 13.2 Å². The van der Waals surface area contributed by atoms with Crippen molar-refractivity contribution in [3.05, 3.63) is 64.7 Å². The van der Waals surface area contributed by atoms with Crippen molar-refractivity contribution in [2.24, 2.45) is 0 Å². The van der Waals surface area contributed by atoms with Crippen molar-refractivity contribution >= 4 is 33.6 Å². The van der Waals surface area contributed by atoms with E-state index in [-0.39, 0.29) is 16.6 Å². The maximum Gasteiger partial charge on any atom is 0.246 e. The van der Waals surface area contributed by atoms with E-state index >= 15 is 0 Å². The molecule has 2 aromatic rings. The Hall–Kier alpha value is -2.35. The molecule has 0 bridgehead atoms. The van der Waals surface area contributed by atoms with Crippen LogP contribution in [0.5, 0.6) is 5.75 Å². The molecular weight excluding hydrogens is 400 g/mol. The second-order valence-corrected chi connectivity index (χ2v) is 8.91. The van der Waals surface area contributed by atoms with Gasteiger partial charge in [-0.05, 0) is 41.5 Å². The molecule has 0 fully saturated rings. The topological polar surface area (TPSA) is 66.9 Å². The number of hydrogen-bond donors (Lipinski definition) is 0. The maximum absolute atomic E-state index is 12.5. The molecule has 0 aromatic heterocycles. The molecule has 0 saturated carbocycles. The van der Waals surface area contributed by atoms with Gasteiger partial charge >= 0.3 is 0 Å². The summed E-state index contributed by atoms with van der Waals surface area (Å²) in [7, 11) is 2.32. The highest BCUT2D eigenvalue weighted by atomic mass is 35.5. The minimum Gasteiger partial charge on any atom is -0.495 e. The van der Waals surface area contributed by atoms with E-state index in [2.05, 4.69) is 0 Å². The minimum atomic E-state index is -3.68. The van der Waals surface area contributed by atoms with Crippen LogP contribution in [0.25, 0.3) is 6.08 Å². The van der Waals surface area contributed by atoms with Crippen molar-refractivity contribution in [1.29, 1.82) is 0 Å². The zero-order chi connectivity index (χ0) is 20.9. The van der Waals surface area contributed by atoms with Gasteiger partial charge < -0.3 is 9.64 Å². The Morgan fingerprint density at radius 1 is 1.14 bits per heavy atom. The number of rotatable bonds is 7. The molecule has 2 aromatic carbocycles. The molecule has 0 unspecified atom stereocenters. The average Bonchev–Trinajstić information content (AvgIpc) is 2.65. The number of benzene rings is 2. The largest absolute Gasteiger partial charge is 0.495 e. The van der Waals surface area contributed by atoms with Crippen molar-refractivity contribution in [2.45, 2.75) is 11.4 Å². The van der Waals surface area contributed by atoms with E-state index in [0.29, 0.717) is 17.1 Å². The Morgan fingerprint density at radius 3 is 2.46 bits per heavy atom. The van der Waals surface area contributed by atoms with E-state index < -0.39 is 10.0 Å². The summed E-state index contributed by atoms with van der Waals surface area (Å²) < 4.78 is 31.2. The number of ether oxygens (including phenoxy) is 1. The quantitative estimate of drug-likeness (QED) is 0.642. The third kappa shape index (κ3) is 5.34. The van der Waals surface area contributed by atoms with Crippen LogP contribution in [-0.2, 0) is 21.4 Å². The van der Waals surface area contributed by atoms with Crippen LogP contribution < -0.4 is 4.74 Å². The summed E-state index contributed by atoms with van der Waals surface area (Å²) in [6, 6.07) is 12.0.